The standard InChI is InChI=1S/C22H21FN4O2.ClH/c23-20-7-5-18(6-8-20)19-13-17(14-24-15-19)16-25-9-11-26(12-10-25)21-3-1-2-4-22(21)27(28)29;/h1-8,13-15H,9-12,16H2;1H. The van der Waals surface area contributed by atoms with Crippen LogP contribution in [0, 0.1) is 15.9 Å². The predicted octanol–water partition coefficient (Wildman–Crippen LogP) is 4.54. The van der Waals surface area contributed by atoms with Gasteiger partial charge in [-0.05, 0) is 35.4 Å². The number of benzene rings is 2. The van der Waals surface area contributed by atoms with Crippen LogP contribution in [-0.4, -0.2) is 41.0 Å². The van der Waals surface area contributed by atoms with Gasteiger partial charge in [0.25, 0.3) is 5.69 Å². The molecule has 1 aliphatic rings. The molecule has 3 aromatic rings. The number of nitro benzene ring substituents is 1. The third-order valence-electron chi connectivity index (χ3n) is 5.17. The zero-order chi connectivity index (χ0) is 20.2. The fourth-order valence-electron chi connectivity index (χ4n) is 3.67. The molecule has 6 nitrogen and oxygen atoms in total. The first-order valence-electron chi connectivity index (χ1n) is 9.51. The molecule has 2 aromatic carbocycles. The summed E-state index contributed by atoms with van der Waals surface area (Å²) in [6.07, 6.45) is 3.63. The summed E-state index contributed by atoms with van der Waals surface area (Å²) in [5.41, 5.74) is 3.81. The summed E-state index contributed by atoms with van der Waals surface area (Å²) in [5.74, 6) is -0.255. The quantitative estimate of drug-likeness (QED) is 0.441. The van der Waals surface area contributed by atoms with E-state index in [1.165, 1.54) is 12.1 Å². The van der Waals surface area contributed by atoms with E-state index in [-0.39, 0.29) is 28.8 Å². The lowest BCUT2D eigenvalue weighted by Gasteiger charge is -2.35. The van der Waals surface area contributed by atoms with Crippen LogP contribution < -0.4 is 4.90 Å². The molecule has 30 heavy (non-hydrogen) atoms. The summed E-state index contributed by atoms with van der Waals surface area (Å²) in [7, 11) is 0. The lowest BCUT2D eigenvalue weighted by atomic mass is 10.1. The summed E-state index contributed by atoms with van der Waals surface area (Å²) in [6, 6.07) is 15.4. The molecule has 0 aliphatic carbocycles. The molecule has 0 N–H and O–H groups in total. The van der Waals surface area contributed by atoms with Gasteiger partial charge in [0.05, 0.1) is 4.92 Å². The van der Waals surface area contributed by atoms with E-state index < -0.39 is 0 Å². The summed E-state index contributed by atoms with van der Waals surface area (Å²) < 4.78 is 13.2. The molecule has 0 saturated carbocycles. The largest absolute Gasteiger partial charge is 0.363 e. The van der Waals surface area contributed by atoms with Crippen molar-refractivity contribution >= 4 is 23.8 Å². The molecule has 156 valence electrons. The zero-order valence-electron chi connectivity index (χ0n) is 16.3. The van der Waals surface area contributed by atoms with Crippen LogP contribution in [0.4, 0.5) is 15.8 Å². The van der Waals surface area contributed by atoms with Gasteiger partial charge < -0.3 is 4.90 Å². The van der Waals surface area contributed by atoms with Crippen molar-refractivity contribution in [2.24, 2.45) is 0 Å². The predicted molar refractivity (Wildman–Crippen MR) is 117 cm³/mol. The highest BCUT2D eigenvalue weighted by atomic mass is 35.5. The van der Waals surface area contributed by atoms with Crippen molar-refractivity contribution in [3.05, 3.63) is 88.5 Å². The van der Waals surface area contributed by atoms with Gasteiger partial charge in [-0.1, -0.05) is 24.3 Å². The minimum Gasteiger partial charge on any atom is -0.363 e. The van der Waals surface area contributed by atoms with Crippen LogP contribution in [-0.2, 0) is 6.54 Å². The third kappa shape index (κ3) is 4.93. The topological polar surface area (TPSA) is 62.5 Å². The van der Waals surface area contributed by atoms with Crippen LogP contribution in [0.15, 0.2) is 67.0 Å². The minimum atomic E-state index is -0.325. The molecule has 0 bridgehead atoms. The van der Waals surface area contributed by atoms with Crippen LogP contribution in [0.25, 0.3) is 11.1 Å². The SMILES string of the molecule is Cl.O=[N+]([O-])c1ccccc1N1CCN(Cc2cncc(-c3ccc(F)cc3)c2)CC1. The van der Waals surface area contributed by atoms with E-state index in [0.29, 0.717) is 5.69 Å². The highest BCUT2D eigenvalue weighted by Crippen LogP contribution is 2.28. The molecule has 0 atom stereocenters. The second kappa shape index (κ2) is 9.65. The average molecular weight is 429 g/mol. The lowest BCUT2D eigenvalue weighted by Crippen LogP contribution is -2.46. The first-order valence-corrected chi connectivity index (χ1v) is 9.51. The monoisotopic (exact) mass is 428 g/mol. The molecule has 0 unspecified atom stereocenters. The van der Waals surface area contributed by atoms with Crippen LogP contribution >= 0.6 is 12.4 Å². The molecule has 1 aliphatic heterocycles. The Kier molecular flexibility index (Phi) is 6.97. The van der Waals surface area contributed by atoms with Crippen LogP contribution in [0.1, 0.15) is 5.56 Å². The number of para-hydroxylation sites is 2. The van der Waals surface area contributed by atoms with Gasteiger partial charge in [-0.2, -0.15) is 0 Å². The van der Waals surface area contributed by atoms with E-state index in [4.69, 9.17) is 0 Å². The Balaban J connectivity index is 0.00000256. The first-order chi connectivity index (χ1) is 14.1. The van der Waals surface area contributed by atoms with Crippen molar-refractivity contribution in [1.29, 1.82) is 0 Å². The molecule has 8 heteroatoms. The lowest BCUT2D eigenvalue weighted by molar-refractivity contribution is -0.384. The third-order valence-corrected chi connectivity index (χ3v) is 5.17. The van der Waals surface area contributed by atoms with Gasteiger partial charge in [-0.15, -0.1) is 12.4 Å². The average Bonchev–Trinajstić information content (AvgIpc) is 2.75. The molecular formula is C22H22ClFN4O2. The Morgan fingerprint density at radius 3 is 2.37 bits per heavy atom. The highest BCUT2D eigenvalue weighted by molar-refractivity contribution is 5.85. The summed E-state index contributed by atoms with van der Waals surface area (Å²) >= 11 is 0. The van der Waals surface area contributed by atoms with E-state index in [1.807, 2.05) is 18.3 Å². The Labute approximate surface area is 180 Å². The van der Waals surface area contributed by atoms with E-state index in [9.17, 15) is 14.5 Å². The number of piperazine rings is 1. The van der Waals surface area contributed by atoms with Crippen LogP contribution in [0.3, 0.4) is 0 Å². The smallest absolute Gasteiger partial charge is 0.292 e. The molecule has 4 rings (SSSR count). The van der Waals surface area contributed by atoms with Gasteiger partial charge >= 0.3 is 0 Å². The fraction of sp³-hybridized carbons (Fsp3) is 0.227. The maximum atomic E-state index is 13.2. The Morgan fingerprint density at radius 2 is 1.67 bits per heavy atom. The van der Waals surface area contributed by atoms with Crippen molar-refractivity contribution in [2.75, 3.05) is 31.1 Å². The van der Waals surface area contributed by atoms with Crippen LogP contribution in [0.2, 0.25) is 0 Å². The van der Waals surface area contributed by atoms with E-state index in [0.717, 1.165) is 49.4 Å². The van der Waals surface area contributed by atoms with Crippen molar-refractivity contribution in [2.45, 2.75) is 6.54 Å². The van der Waals surface area contributed by atoms with Gasteiger partial charge in [-0.3, -0.25) is 20.0 Å². The van der Waals surface area contributed by atoms with Crippen LogP contribution in [0.5, 0.6) is 0 Å². The van der Waals surface area contributed by atoms with E-state index in [2.05, 4.69) is 20.9 Å². The van der Waals surface area contributed by atoms with Crippen molar-refractivity contribution in [3.63, 3.8) is 0 Å². The second-order valence-electron chi connectivity index (χ2n) is 7.10. The Hall–Kier alpha value is -3.03. The Morgan fingerprint density at radius 1 is 0.967 bits per heavy atom. The summed E-state index contributed by atoms with van der Waals surface area (Å²) in [5, 5.41) is 11.3. The number of nitro groups is 1. The Bertz CT molecular complexity index is 1010. The van der Waals surface area contributed by atoms with Crippen molar-refractivity contribution < 1.29 is 9.31 Å². The number of pyridine rings is 1. The first kappa shape index (κ1) is 21.7. The number of aromatic nitrogens is 1. The summed E-state index contributed by atoms with van der Waals surface area (Å²) in [6.45, 7) is 3.85. The van der Waals surface area contributed by atoms with Gasteiger partial charge in [0, 0.05) is 56.7 Å². The van der Waals surface area contributed by atoms with E-state index >= 15 is 0 Å². The summed E-state index contributed by atoms with van der Waals surface area (Å²) in [4.78, 5) is 19.7. The normalized spacial score (nSPS) is 14.2. The number of hydrogen-bond acceptors (Lipinski definition) is 5. The molecule has 2 heterocycles. The maximum absolute atomic E-state index is 13.2. The number of rotatable bonds is 5. The van der Waals surface area contributed by atoms with Gasteiger partial charge in [0.2, 0.25) is 0 Å². The zero-order valence-corrected chi connectivity index (χ0v) is 17.1. The number of nitrogens with zero attached hydrogens (tertiary/aromatic N) is 4. The number of anilines is 1. The van der Waals surface area contributed by atoms with Gasteiger partial charge in [-0.25, -0.2) is 4.39 Å². The van der Waals surface area contributed by atoms with E-state index in [1.54, 1.807) is 30.5 Å². The highest BCUT2D eigenvalue weighted by Gasteiger charge is 2.23. The molecule has 0 radical (unpaired) electrons. The molecule has 1 fully saturated rings. The van der Waals surface area contributed by atoms with Gasteiger partial charge in [0.15, 0.2) is 0 Å². The van der Waals surface area contributed by atoms with Gasteiger partial charge in [0.1, 0.15) is 11.5 Å². The molecule has 0 amide bonds. The minimum absolute atomic E-state index is 0. The molecule has 1 saturated heterocycles. The molecule has 1 aromatic heterocycles. The maximum Gasteiger partial charge on any atom is 0.292 e. The fourth-order valence-corrected chi connectivity index (χ4v) is 3.67. The number of halogens is 2. The molecular weight excluding hydrogens is 407 g/mol. The number of hydrogen-bond donors (Lipinski definition) is 0. The van der Waals surface area contributed by atoms with Crippen molar-refractivity contribution in [3.8, 4) is 11.1 Å². The molecule has 0 spiro atoms. The van der Waals surface area contributed by atoms with Crippen molar-refractivity contribution in [1.82, 2.24) is 9.88 Å². The second-order valence-corrected chi connectivity index (χ2v) is 7.10.